The maximum atomic E-state index is 12.2. The van der Waals surface area contributed by atoms with Crippen LogP contribution in [-0.2, 0) is 4.79 Å². The van der Waals surface area contributed by atoms with E-state index in [2.05, 4.69) is 0 Å². The van der Waals surface area contributed by atoms with E-state index < -0.39 is 5.97 Å². The largest absolute Gasteiger partial charge is 0.481 e. The van der Waals surface area contributed by atoms with E-state index in [0.717, 1.165) is 25.8 Å². The Morgan fingerprint density at radius 2 is 1.88 bits per heavy atom. The van der Waals surface area contributed by atoms with Crippen LogP contribution in [0, 0.1) is 0 Å². The number of carbonyl (C=O) groups excluding carboxylic acids is 1. The van der Waals surface area contributed by atoms with Gasteiger partial charge in [-0.3, -0.25) is 4.79 Å². The molecule has 0 spiro atoms. The minimum absolute atomic E-state index is 0.00176. The van der Waals surface area contributed by atoms with Gasteiger partial charge >= 0.3 is 12.0 Å². The van der Waals surface area contributed by atoms with Gasteiger partial charge in [-0.1, -0.05) is 6.92 Å². The molecular weight excluding hydrogens is 220 g/mol. The molecule has 98 valence electrons. The van der Waals surface area contributed by atoms with Crippen molar-refractivity contribution in [1.82, 2.24) is 9.80 Å². The predicted octanol–water partition coefficient (Wildman–Crippen LogP) is 1.78. The monoisotopic (exact) mass is 242 g/mol. The Morgan fingerprint density at radius 3 is 2.29 bits per heavy atom. The molecule has 0 aromatic rings. The van der Waals surface area contributed by atoms with Crippen LogP contribution in [0.15, 0.2) is 0 Å². The number of hydrogen-bond donors (Lipinski definition) is 1. The molecular formula is C12H22N2O3. The molecule has 2 amide bonds. The van der Waals surface area contributed by atoms with Crippen LogP contribution in [0.5, 0.6) is 0 Å². The number of aliphatic carboxylic acids is 1. The molecule has 5 heteroatoms. The number of hydrogen-bond acceptors (Lipinski definition) is 2. The summed E-state index contributed by atoms with van der Waals surface area (Å²) in [7, 11) is 0. The van der Waals surface area contributed by atoms with E-state index in [1.165, 1.54) is 0 Å². The predicted molar refractivity (Wildman–Crippen MR) is 64.9 cm³/mol. The topological polar surface area (TPSA) is 60.9 Å². The molecule has 1 aliphatic carbocycles. The average molecular weight is 242 g/mol. The summed E-state index contributed by atoms with van der Waals surface area (Å²) < 4.78 is 0. The van der Waals surface area contributed by atoms with Crippen molar-refractivity contribution >= 4 is 12.0 Å². The lowest BCUT2D eigenvalue weighted by Crippen LogP contribution is -2.45. The fraction of sp³-hybridized carbons (Fsp3) is 0.833. The molecule has 17 heavy (non-hydrogen) atoms. The van der Waals surface area contributed by atoms with Gasteiger partial charge in [0, 0.05) is 25.7 Å². The second-order valence-electron chi connectivity index (χ2n) is 4.43. The smallest absolute Gasteiger partial charge is 0.320 e. The minimum atomic E-state index is -0.845. The van der Waals surface area contributed by atoms with E-state index in [-0.39, 0.29) is 18.5 Å². The highest BCUT2D eigenvalue weighted by Crippen LogP contribution is 2.28. The summed E-state index contributed by atoms with van der Waals surface area (Å²) in [5.74, 6) is -0.845. The van der Waals surface area contributed by atoms with E-state index in [4.69, 9.17) is 5.11 Å². The fourth-order valence-corrected chi connectivity index (χ4v) is 1.88. The lowest BCUT2D eigenvalue weighted by Gasteiger charge is -2.29. The molecule has 1 aliphatic rings. The van der Waals surface area contributed by atoms with Crippen LogP contribution < -0.4 is 0 Å². The van der Waals surface area contributed by atoms with Gasteiger partial charge in [0.05, 0.1) is 6.42 Å². The van der Waals surface area contributed by atoms with Crippen molar-refractivity contribution < 1.29 is 14.7 Å². The van der Waals surface area contributed by atoms with Gasteiger partial charge in [0.25, 0.3) is 0 Å². The maximum Gasteiger partial charge on any atom is 0.320 e. The van der Waals surface area contributed by atoms with Gasteiger partial charge in [-0.05, 0) is 26.2 Å². The summed E-state index contributed by atoms with van der Waals surface area (Å²) in [4.78, 5) is 26.3. The minimum Gasteiger partial charge on any atom is -0.481 e. The van der Waals surface area contributed by atoms with Crippen LogP contribution in [0.2, 0.25) is 0 Å². The molecule has 0 aromatic heterocycles. The second-order valence-corrected chi connectivity index (χ2v) is 4.43. The summed E-state index contributed by atoms with van der Waals surface area (Å²) in [5, 5.41) is 8.69. The molecule has 0 aromatic carbocycles. The van der Waals surface area contributed by atoms with Crippen LogP contribution >= 0.6 is 0 Å². The highest BCUT2D eigenvalue weighted by atomic mass is 16.4. The Hall–Kier alpha value is -1.26. The fourth-order valence-electron chi connectivity index (χ4n) is 1.88. The third kappa shape index (κ3) is 4.24. The quantitative estimate of drug-likeness (QED) is 0.740. The summed E-state index contributed by atoms with van der Waals surface area (Å²) >= 11 is 0. The molecule has 0 saturated heterocycles. The first-order valence-electron chi connectivity index (χ1n) is 6.37. The van der Waals surface area contributed by atoms with Crippen molar-refractivity contribution in [2.75, 3.05) is 19.6 Å². The number of carboxylic acids is 1. The van der Waals surface area contributed by atoms with Gasteiger partial charge in [0.1, 0.15) is 0 Å². The van der Waals surface area contributed by atoms with Crippen molar-refractivity contribution in [3.05, 3.63) is 0 Å². The van der Waals surface area contributed by atoms with Gasteiger partial charge < -0.3 is 14.9 Å². The average Bonchev–Trinajstić information content (AvgIpc) is 3.09. The Kier molecular flexibility index (Phi) is 5.25. The number of carbonyl (C=O) groups is 2. The van der Waals surface area contributed by atoms with Gasteiger partial charge in [-0.25, -0.2) is 4.79 Å². The molecule has 0 aliphatic heterocycles. The zero-order valence-electron chi connectivity index (χ0n) is 10.7. The molecule has 1 N–H and O–H groups in total. The van der Waals surface area contributed by atoms with Crippen molar-refractivity contribution in [1.29, 1.82) is 0 Å². The van der Waals surface area contributed by atoms with Crippen LogP contribution in [0.3, 0.4) is 0 Å². The Bertz CT molecular complexity index is 277. The third-order valence-corrected chi connectivity index (χ3v) is 2.95. The SMILES string of the molecule is CCCN(CC)C(=O)N(CCC(=O)O)C1CC1. The Morgan fingerprint density at radius 1 is 1.24 bits per heavy atom. The van der Waals surface area contributed by atoms with Gasteiger partial charge in [0.15, 0.2) is 0 Å². The number of carboxylic acid groups (broad SMARTS) is 1. The van der Waals surface area contributed by atoms with Gasteiger partial charge in [-0.2, -0.15) is 0 Å². The van der Waals surface area contributed by atoms with Crippen molar-refractivity contribution in [2.45, 2.75) is 45.6 Å². The van der Waals surface area contributed by atoms with Crippen molar-refractivity contribution in [3.8, 4) is 0 Å². The molecule has 0 atom stereocenters. The zero-order chi connectivity index (χ0) is 12.8. The van der Waals surface area contributed by atoms with Gasteiger partial charge in [0.2, 0.25) is 0 Å². The third-order valence-electron chi connectivity index (χ3n) is 2.95. The molecule has 0 unspecified atom stereocenters. The lowest BCUT2D eigenvalue weighted by molar-refractivity contribution is -0.137. The molecule has 0 bridgehead atoms. The van der Waals surface area contributed by atoms with Crippen LogP contribution in [0.1, 0.15) is 39.5 Å². The van der Waals surface area contributed by atoms with E-state index in [1.807, 2.05) is 13.8 Å². The Balaban J connectivity index is 2.55. The number of nitrogens with zero attached hydrogens (tertiary/aromatic N) is 2. The molecule has 1 fully saturated rings. The van der Waals surface area contributed by atoms with Crippen LogP contribution in [0.25, 0.3) is 0 Å². The summed E-state index contributed by atoms with van der Waals surface area (Å²) in [5.41, 5.74) is 0. The number of rotatable bonds is 7. The van der Waals surface area contributed by atoms with Gasteiger partial charge in [-0.15, -0.1) is 0 Å². The first-order chi connectivity index (χ1) is 8.10. The lowest BCUT2D eigenvalue weighted by atomic mass is 10.3. The molecule has 1 rings (SSSR count). The van der Waals surface area contributed by atoms with Crippen LogP contribution in [0.4, 0.5) is 4.79 Å². The summed E-state index contributed by atoms with van der Waals surface area (Å²) in [6.45, 7) is 5.75. The van der Waals surface area contributed by atoms with E-state index >= 15 is 0 Å². The molecule has 1 saturated carbocycles. The highest BCUT2D eigenvalue weighted by Gasteiger charge is 2.34. The molecule has 5 nitrogen and oxygen atoms in total. The summed E-state index contributed by atoms with van der Waals surface area (Å²) in [6.07, 6.45) is 2.98. The first-order valence-corrected chi connectivity index (χ1v) is 6.37. The zero-order valence-corrected chi connectivity index (χ0v) is 10.7. The van der Waals surface area contributed by atoms with Crippen LogP contribution in [-0.4, -0.2) is 52.6 Å². The maximum absolute atomic E-state index is 12.2. The second kappa shape index (κ2) is 6.47. The van der Waals surface area contributed by atoms with Crippen molar-refractivity contribution in [2.24, 2.45) is 0 Å². The number of amides is 2. The Labute approximate surface area is 102 Å². The highest BCUT2D eigenvalue weighted by molar-refractivity contribution is 5.76. The normalized spacial score (nSPS) is 14.5. The standard InChI is InChI=1S/C12H22N2O3/c1-3-8-13(4-2)12(17)14(10-5-6-10)9-7-11(15)16/h10H,3-9H2,1-2H3,(H,15,16). The van der Waals surface area contributed by atoms with E-state index in [9.17, 15) is 9.59 Å². The van der Waals surface area contributed by atoms with Crippen molar-refractivity contribution in [3.63, 3.8) is 0 Å². The van der Waals surface area contributed by atoms with E-state index in [1.54, 1.807) is 9.80 Å². The number of urea groups is 1. The molecule has 0 heterocycles. The van der Waals surface area contributed by atoms with E-state index in [0.29, 0.717) is 13.1 Å². The summed E-state index contributed by atoms with van der Waals surface area (Å²) in [6, 6.07) is 0.269. The molecule has 0 radical (unpaired) electrons. The first kappa shape index (κ1) is 13.8.